The first-order valence-corrected chi connectivity index (χ1v) is 10.4. The van der Waals surface area contributed by atoms with Crippen LogP contribution in [0.3, 0.4) is 0 Å². The van der Waals surface area contributed by atoms with Crippen molar-refractivity contribution in [2.24, 2.45) is 5.92 Å². The Kier molecular flexibility index (Phi) is 23.4. The SMILES string of the molecule is CC.CCCCCCCCC1CCCC1.O=CCCCCC(=O)O. The fourth-order valence-corrected chi connectivity index (χ4v) is 3.02. The van der Waals surface area contributed by atoms with Crippen molar-refractivity contribution in [3.05, 3.63) is 0 Å². The topological polar surface area (TPSA) is 54.4 Å². The number of rotatable bonds is 12. The van der Waals surface area contributed by atoms with Crippen molar-refractivity contribution in [1.82, 2.24) is 0 Å². The zero-order valence-electron chi connectivity index (χ0n) is 16.5. The van der Waals surface area contributed by atoms with Gasteiger partial charge >= 0.3 is 5.97 Å². The predicted octanol–water partition coefficient (Wildman–Crippen LogP) is 6.78. The highest BCUT2D eigenvalue weighted by molar-refractivity contribution is 5.66. The monoisotopic (exact) mass is 342 g/mol. The second kappa shape index (κ2) is 22.1. The van der Waals surface area contributed by atoms with Crippen LogP contribution in [0.5, 0.6) is 0 Å². The van der Waals surface area contributed by atoms with Crippen molar-refractivity contribution < 1.29 is 14.7 Å². The molecule has 1 aliphatic carbocycles. The molecular formula is C21H42O3. The fourth-order valence-electron chi connectivity index (χ4n) is 3.02. The van der Waals surface area contributed by atoms with E-state index in [0.29, 0.717) is 19.3 Å². The third-order valence-corrected chi connectivity index (χ3v) is 4.40. The number of hydrogen-bond donors (Lipinski definition) is 1. The first-order valence-electron chi connectivity index (χ1n) is 10.4. The van der Waals surface area contributed by atoms with Gasteiger partial charge in [-0.2, -0.15) is 0 Å². The van der Waals surface area contributed by atoms with E-state index in [4.69, 9.17) is 5.11 Å². The van der Waals surface area contributed by atoms with Gasteiger partial charge in [0, 0.05) is 12.8 Å². The van der Waals surface area contributed by atoms with Crippen molar-refractivity contribution in [3.63, 3.8) is 0 Å². The fraction of sp³-hybridized carbons (Fsp3) is 0.905. The van der Waals surface area contributed by atoms with E-state index in [1.807, 2.05) is 13.8 Å². The Bertz CT molecular complexity index is 258. The molecule has 0 saturated heterocycles. The molecule has 1 fully saturated rings. The van der Waals surface area contributed by atoms with Gasteiger partial charge in [0.1, 0.15) is 6.29 Å². The normalized spacial score (nSPS) is 13.5. The molecule has 1 rings (SSSR count). The van der Waals surface area contributed by atoms with Crippen LogP contribution >= 0.6 is 0 Å². The maximum Gasteiger partial charge on any atom is 0.303 e. The molecule has 0 aliphatic heterocycles. The van der Waals surface area contributed by atoms with E-state index < -0.39 is 5.97 Å². The van der Waals surface area contributed by atoms with E-state index in [-0.39, 0.29) is 6.42 Å². The Morgan fingerprint density at radius 2 is 1.54 bits per heavy atom. The highest BCUT2D eigenvalue weighted by atomic mass is 16.4. The van der Waals surface area contributed by atoms with Crippen LogP contribution in [0.4, 0.5) is 0 Å². The van der Waals surface area contributed by atoms with E-state index in [1.54, 1.807) is 0 Å². The predicted molar refractivity (Wildman–Crippen MR) is 103 cm³/mol. The highest BCUT2D eigenvalue weighted by Gasteiger charge is 2.13. The molecular weight excluding hydrogens is 300 g/mol. The molecule has 0 unspecified atom stereocenters. The van der Waals surface area contributed by atoms with Gasteiger partial charge in [0.2, 0.25) is 0 Å². The number of carbonyl (C=O) groups excluding carboxylic acids is 1. The van der Waals surface area contributed by atoms with Gasteiger partial charge in [0.15, 0.2) is 0 Å². The Labute approximate surface area is 150 Å². The van der Waals surface area contributed by atoms with Crippen molar-refractivity contribution >= 4 is 12.3 Å². The standard InChI is InChI=1S/C13H26.C6H10O3.C2H6/c1-2-3-4-5-6-7-10-13-11-8-9-12-13;7-5-3-1-2-4-6(8)9;1-2/h13H,2-12H2,1H3;5H,1-4H2,(H,8,9);1-2H3. The third kappa shape index (κ3) is 21.1. The summed E-state index contributed by atoms with van der Waals surface area (Å²) in [7, 11) is 0. The lowest BCUT2D eigenvalue weighted by Gasteiger charge is -2.07. The number of hydrogen-bond acceptors (Lipinski definition) is 2. The number of aliphatic carboxylic acids is 1. The molecule has 0 amide bonds. The van der Waals surface area contributed by atoms with Crippen LogP contribution in [0.15, 0.2) is 0 Å². The lowest BCUT2D eigenvalue weighted by Crippen LogP contribution is -1.93. The minimum atomic E-state index is -0.791. The summed E-state index contributed by atoms with van der Waals surface area (Å²) in [6.45, 7) is 6.29. The minimum Gasteiger partial charge on any atom is -0.481 e. The van der Waals surface area contributed by atoms with Gasteiger partial charge in [-0.15, -0.1) is 0 Å². The van der Waals surface area contributed by atoms with Crippen LogP contribution in [0.25, 0.3) is 0 Å². The Balaban J connectivity index is 0. The summed E-state index contributed by atoms with van der Waals surface area (Å²) in [4.78, 5) is 19.6. The van der Waals surface area contributed by atoms with Crippen LogP contribution in [0.1, 0.15) is 117 Å². The molecule has 1 N–H and O–H groups in total. The molecule has 0 heterocycles. The summed E-state index contributed by atoms with van der Waals surface area (Å²) in [6, 6.07) is 0. The van der Waals surface area contributed by atoms with Crippen LogP contribution in [-0.2, 0) is 9.59 Å². The number of carboxylic acid groups (broad SMARTS) is 1. The zero-order chi connectivity index (χ0) is 18.5. The van der Waals surface area contributed by atoms with Gasteiger partial charge in [-0.25, -0.2) is 0 Å². The lowest BCUT2D eigenvalue weighted by atomic mass is 9.99. The maximum absolute atomic E-state index is 9.87. The largest absolute Gasteiger partial charge is 0.481 e. The molecule has 0 bridgehead atoms. The summed E-state index contributed by atoms with van der Waals surface area (Å²) >= 11 is 0. The molecule has 0 radical (unpaired) electrons. The summed E-state index contributed by atoms with van der Waals surface area (Å²) < 4.78 is 0. The van der Waals surface area contributed by atoms with Crippen LogP contribution < -0.4 is 0 Å². The third-order valence-electron chi connectivity index (χ3n) is 4.40. The van der Waals surface area contributed by atoms with Crippen LogP contribution in [-0.4, -0.2) is 17.4 Å². The number of unbranched alkanes of at least 4 members (excludes halogenated alkanes) is 7. The van der Waals surface area contributed by atoms with Gasteiger partial charge in [-0.3, -0.25) is 4.79 Å². The van der Waals surface area contributed by atoms with Gasteiger partial charge in [0.05, 0.1) is 0 Å². The van der Waals surface area contributed by atoms with Gasteiger partial charge < -0.3 is 9.90 Å². The molecule has 0 aromatic rings. The zero-order valence-corrected chi connectivity index (χ0v) is 16.5. The average Bonchev–Trinajstić information content (AvgIpc) is 3.11. The van der Waals surface area contributed by atoms with Crippen LogP contribution in [0, 0.1) is 5.92 Å². The van der Waals surface area contributed by atoms with E-state index in [0.717, 1.165) is 12.2 Å². The number of aldehydes is 1. The van der Waals surface area contributed by atoms with E-state index >= 15 is 0 Å². The maximum atomic E-state index is 9.87. The minimum absolute atomic E-state index is 0.174. The molecule has 0 aromatic heterocycles. The molecule has 0 atom stereocenters. The summed E-state index contributed by atoms with van der Waals surface area (Å²) in [5.41, 5.74) is 0. The first kappa shape index (κ1) is 25.4. The lowest BCUT2D eigenvalue weighted by molar-refractivity contribution is -0.137. The smallest absolute Gasteiger partial charge is 0.303 e. The van der Waals surface area contributed by atoms with Crippen molar-refractivity contribution in [3.8, 4) is 0 Å². The molecule has 24 heavy (non-hydrogen) atoms. The van der Waals surface area contributed by atoms with Crippen molar-refractivity contribution in [2.75, 3.05) is 0 Å². The second-order valence-corrected chi connectivity index (χ2v) is 6.51. The number of carboxylic acids is 1. The van der Waals surface area contributed by atoms with E-state index in [1.165, 1.54) is 70.6 Å². The second-order valence-electron chi connectivity index (χ2n) is 6.51. The van der Waals surface area contributed by atoms with Gasteiger partial charge in [-0.05, 0) is 18.8 Å². The Morgan fingerprint density at radius 1 is 0.958 bits per heavy atom. The highest BCUT2D eigenvalue weighted by Crippen LogP contribution is 2.29. The summed E-state index contributed by atoms with van der Waals surface area (Å²) in [5.74, 6) is 0.326. The van der Waals surface area contributed by atoms with Crippen molar-refractivity contribution in [1.29, 1.82) is 0 Å². The Morgan fingerprint density at radius 3 is 2.08 bits per heavy atom. The molecule has 1 aliphatic rings. The summed E-state index contributed by atoms with van der Waals surface area (Å²) in [6.07, 6.45) is 19.2. The van der Waals surface area contributed by atoms with Crippen molar-refractivity contribution in [2.45, 2.75) is 117 Å². The molecule has 3 heteroatoms. The van der Waals surface area contributed by atoms with Crippen LogP contribution in [0.2, 0.25) is 0 Å². The molecule has 1 saturated carbocycles. The quantitative estimate of drug-likeness (QED) is 0.314. The first-order chi connectivity index (χ1) is 11.7. The van der Waals surface area contributed by atoms with Gasteiger partial charge in [0.25, 0.3) is 0 Å². The average molecular weight is 343 g/mol. The van der Waals surface area contributed by atoms with E-state index in [2.05, 4.69) is 6.92 Å². The summed E-state index contributed by atoms with van der Waals surface area (Å²) in [5, 5.41) is 8.12. The Hall–Kier alpha value is -0.860. The molecule has 144 valence electrons. The number of carbonyl (C=O) groups is 2. The molecule has 0 aromatic carbocycles. The molecule has 0 spiro atoms. The van der Waals surface area contributed by atoms with E-state index in [9.17, 15) is 9.59 Å². The molecule has 3 nitrogen and oxygen atoms in total. The van der Waals surface area contributed by atoms with Gasteiger partial charge in [-0.1, -0.05) is 91.4 Å².